The monoisotopic (exact) mass is 336 g/mol. The van der Waals surface area contributed by atoms with Gasteiger partial charge in [-0.1, -0.05) is 13.2 Å². The Labute approximate surface area is 139 Å². The third-order valence-electron chi connectivity index (χ3n) is 3.15. The molecule has 0 saturated carbocycles. The molecule has 130 valence electrons. The number of nitrogens with one attached hydrogen (secondary N) is 2. The molecule has 0 atom stereocenters. The summed E-state index contributed by atoms with van der Waals surface area (Å²) in [6, 6.07) is -0.779. The number of nitrogens with zero attached hydrogens (tertiary/aromatic N) is 2. The van der Waals surface area contributed by atoms with Gasteiger partial charge in [0.05, 0.1) is 0 Å². The van der Waals surface area contributed by atoms with Crippen molar-refractivity contribution in [3.63, 3.8) is 0 Å². The molecule has 6 amide bonds. The van der Waals surface area contributed by atoms with E-state index in [1.165, 1.54) is 13.8 Å². The summed E-state index contributed by atoms with van der Waals surface area (Å²) < 4.78 is 0. The Bertz CT molecular complexity index is 573. The van der Waals surface area contributed by atoms with Gasteiger partial charge in [-0.25, -0.2) is 4.79 Å². The molecule has 0 unspecified atom stereocenters. The summed E-state index contributed by atoms with van der Waals surface area (Å²) in [4.78, 5) is 59.9. The predicted octanol–water partition coefficient (Wildman–Crippen LogP) is -0.838. The third kappa shape index (κ3) is 4.51. The molecule has 9 nitrogen and oxygen atoms in total. The van der Waals surface area contributed by atoms with Crippen molar-refractivity contribution >= 4 is 29.7 Å². The Kier molecular flexibility index (Phi) is 6.39. The molecule has 0 aromatic rings. The molecule has 0 radical (unpaired) electrons. The first kappa shape index (κ1) is 19.1. The Hall–Kier alpha value is -2.97. The van der Waals surface area contributed by atoms with Crippen LogP contribution >= 0.6 is 0 Å². The van der Waals surface area contributed by atoms with Crippen LogP contribution in [0.2, 0.25) is 0 Å². The number of hydrogen-bond donors (Lipinski definition) is 2. The van der Waals surface area contributed by atoms with Gasteiger partial charge in [0.1, 0.15) is 0 Å². The maximum Gasteiger partial charge on any atom is 0.334 e. The zero-order valence-corrected chi connectivity index (χ0v) is 13.7. The van der Waals surface area contributed by atoms with Gasteiger partial charge in [-0.3, -0.25) is 29.0 Å². The van der Waals surface area contributed by atoms with Crippen molar-refractivity contribution in [1.29, 1.82) is 0 Å². The molecular weight excluding hydrogens is 316 g/mol. The summed E-state index contributed by atoms with van der Waals surface area (Å²) in [6.45, 7) is 9.72. The second-order valence-corrected chi connectivity index (χ2v) is 5.27. The van der Waals surface area contributed by atoms with Crippen LogP contribution in [0.1, 0.15) is 13.8 Å². The van der Waals surface area contributed by atoms with Crippen molar-refractivity contribution in [3.05, 3.63) is 24.3 Å². The highest BCUT2D eigenvalue weighted by Gasteiger charge is 2.43. The smallest absolute Gasteiger partial charge is 0.334 e. The molecule has 2 N–H and O–H groups in total. The first-order valence-electron chi connectivity index (χ1n) is 7.21. The summed E-state index contributed by atoms with van der Waals surface area (Å²) in [6.07, 6.45) is 0. The summed E-state index contributed by atoms with van der Waals surface area (Å²) >= 11 is 0. The predicted molar refractivity (Wildman–Crippen MR) is 84.5 cm³/mol. The van der Waals surface area contributed by atoms with Gasteiger partial charge in [0, 0.05) is 37.3 Å². The minimum Gasteiger partial charge on any atom is -0.351 e. The van der Waals surface area contributed by atoms with Crippen molar-refractivity contribution in [2.45, 2.75) is 13.8 Å². The lowest BCUT2D eigenvalue weighted by molar-refractivity contribution is -0.143. The average molecular weight is 336 g/mol. The maximum atomic E-state index is 12.1. The van der Waals surface area contributed by atoms with E-state index in [0.717, 1.165) is 9.80 Å². The van der Waals surface area contributed by atoms with E-state index in [1.807, 2.05) is 0 Å². The third-order valence-corrected chi connectivity index (χ3v) is 3.15. The second kappa shape index (κ2) is 8.04. The molecule has 1 fully saturated rings. The van der Waals surface area contributed by atoms with Crippen molar-refractivity contribution in [2.75, 3.05) is 26.2 Å². The fourth-order valence-corrected chi connectivity index (χ4v) is 1.81. The molecule has 0 spiro atoms. The fourth-order valence-electron chi connectivity index (χ4n) is 1.81. The van der Waals surface area contributed by atoms with E-state index in [2.05, 4.69) is 23.8 Å². The van der Waals surface area contributed by atoms with Crippen LogP contribution in [0.15, 0.2) is 24.3 Å². The highest BCUT2D eigenvalue weighted by Crippen LogP contribution is 2.10. The van der Waals surface area contributed by atoms with Crippen molar-refractivity contribution < 1.29 is 24.0 Å². The van der Waals surface area contributed by atoms with Gasteiger partial charge in [-0.2, -0.15) is 0 Å². The fraction of sp³-hybridized carbons (Fsp3) is 0.400. The number of carbonyl (C=O) groups is 5. The molecule has 24 heavy (non-hydrogen) atoms. The number of carbonyl (C=O) groups excluding carboxylic acids is 5. The molecule has 1 aliphatic heterocycles. The highest BCUT2D eigenvalue weighted by atomic mass is 16.2. The Morgan fingerprint density at radius 3 is 1.46 bits per heavy atom. The van der Waals surface area contributed by atoms with Gasteiger partial charge in [-0.15, -0.1) is 0 Å². The molecule has 0 aromatic carbocycles. The zero-order chi connectivity index (χ0) is 18.4. The lowest BCUT2D eigenvalue weighted by atomic mass is 10.3. The maximum absolute atomic E-state index is 12.1. The summed E-state index contributed by atoms with van der Waals surface area (Å²) in [7, 11) is 0. The first-order chi connectivity index (χ1) is 11.2. The van der Waals surface area contributed by atoms with Crippen LogP contribution in [0, 0.1) is 0 Å². The summed E-state index contributed by atoms with van der Waals surface area (Å²) in [5, 5.41) is 4.94. The average Bonchev–Trinajstić information content (AvgIpc) is 2.71. The number of hydrogen-bond acceptors (Lipinski definition) is 5. The lowest BCUT2D eigenvalue weighted by Gasteiger charge is -2.16. The van der Waals surface area contributed by atoms with Gasteiger partial charge < -0.3 is 10.6 Å². The molecule has 1 rings (SSSR count). The van der Waals surface area contributed by atoms with E-state index in [0.29, 0.717) is 11.1 Å². The molecule has 1 aliphatic rings. The summed E-state index contributed by atoms with van der Waals surface area (Å²) in [5.74, 6) is -2.73. The standard InChI is InChI=1S/C15H20N4O5/c1-9(2)11(20)16-5-7-18-13(22)14(23)19(15(18)24)8-6-17-12(21)10(3)4/h1,3,5-8H2,2,4H3,(H,16,20)(H,17,21). The lowest BCUT2D eigenvalue weighted by Crippen LogP contribution is -2.41. The van der Waals surface area contributed by atoms with E-state index < -0.39 is 29.7 Å². The van der Waals surface area contributed by atoms with Gasteiger partial charge in [0.25, 0.3) is 0 Å². The van der Waals surface area contributed by atoms with Crippen molar-refractivity contribution in [2.24, 2.45) is 0 Å². The van der Waals surface area contributed by atoms with Gasteiger partial charge >= 0.3 is 17.8 Å². The van der Waals surface area contributed by atoms with Crippen molar-refractivity contribution in [3.8, 4) is 0 Å². The van der Waals surface area contributed by atoms with Crippen LogP contribution in [-0.2, 0) is 19.2 Å². The SMILES string of the molecule is C=C(C)C(=O)NCCN1C(=O)C(=O)N(CCNC(=O)C(=C)C)C1=O. The quantitative estimate of drug-likeness (QED) is 0.341. The van der Waals surface area contributed by atoms with Crippen molar-refractivity contribution in [1.82, 2.24) is 20.4 Å². The van der Waals surface area contributed by atoms with Gasteiger partial charge in [-0.05, 0) is 13.8 Å². The van der Waals surface area contributed by atoms with Crippen LogP contribution in [0.25, 0.3) is 0 Å². The van der Waals surface area contributed by atoms with E-state index in [4.69, 9.17) is 0 Å². The summed E-state index contributed by atoms with van der Waals surface area (Å²) in [5.41, 5.74) is 0.583. The van der Waals surface area contributed by atoms with E-state index in [-0.39, 0.29) is 26.2 Å². The molecule has 0 aromatic heterocycles. The largest absolute Gasteiger partial charge is 0.351 e. The zero-order valence-electron chi connectivity index (χ0n) is 13.7. The molecule has 0 aliphatic carbocycles. The highest BCUT2D eigenvalue weighted by molar-refractivity contribution is 6.44. The van der Waals surface area contributed by atoms with Crippen LogP contribution in [0.4, 0.5) is 4.79 Å². The second-order valence-electron chi connectivity index (χ2n) is 5.27. The van der Waals surface area contributed by atoms with E-state index in [1.54, 1.807) is 0 Å². The Morgan fingerprint density at radius 1 is 0.833 bits per heavy atom. The number of urea groups is 1. The number of rotatable bonds is 8. The van der Waals surface area contributed by atoms with Gasteiger partial charge in [0.2, 0.25) is 11.8 Å². The molecule has 1 heterocycles. The minimum absolute atomic E-state index is 0.0106. The van der Waals surface area contributed by atoms with E-state index in [9.17, 15) is 24.0 Å². The number of amides is 6. The van der Waals surface area contributed by atoms with Crippen LogP contribution in [0.3, 0.4) is 0 Å². The van der Waals surface area contributed by atoms with Crippen LogP contribution in [0.5, 0.6) is 0 Å². The molecule has 9 heteroatoms. The Balaban J connectivity index is 2.55. The van der Waals surface area contributed by atoms with E-state index >= 15 is 0 Å². The van der Waals surface area contributed by atoms with Gasteiger partial charge in [0.15, 0.2) is 0 Å². The Morgan fingerprint density at radius 2 is 1.17 bits per heavy atom. The molecule has 1 saturated heterocycles. The minimum atomic E-state index is -0.962. The topological polar surface area (TPSA) is 116 Å². The van der Waals surface area contributed by atoms with Crippen LogP contribution in [-0.4, -0.2) is 65.6 Å². The molecule has 0 bridgehead atoms. The number of imide groups is 2. The normalized spacial score (nSPS) is 14.0. The van der Waals surface area contributed by atoms with Crippen LogP contribution < -0.4 is 10.6 Å². The molecular formula is C15H20N4O5. The first-order valence-corrected chi connectivity index (χ1v) is 7.21.